The predicted molar refractivity (Wildman–Crippen MR) is 127 cm³/mol. The van der Waals surface area contributed by atoms with Crippen molar-refractivity contribution in [1.82, 2.24) is 9.97 Å². The predicted octanol–water partition coefficient (Wildman–Crippen LogP) is 2.04. The van der Waals surface area contributed by atoms with Crippen molar-refractivity contribution >= 4 is 35.1 Å². The summed E-state index contributed by atoms with van der Waals surface area (Å²) in [6.45, 7) is 0. The van der Waals surface area contributed by atoms with Crippen molar-refractivity contribution in [2.45, 2.75) is 0 Å². The molecule has 12 heteroatoms. The minimum Gasteiger partial charge on any atom is -0.545 e. The second-order valence-electron chi connectivity index (χ2n) is 6.33. The van der Waals surface area contributed by atoms with E-state index in [1.54, 1.807) is 12.4 Å². The Morgan fingerprint density at radius 3 is 1.28 bits per heavy atom. The van der Waals surface area contributed by atoms with Crippen LogP contribution in [-0.4, -0.2) is 32.1 Å². The van der Waals surface area contributed by atoms with Crippen molar-refractivity contribution in [2.24, 2.45) is 0 Å². The zero-order chi connectivity index (χ0) is 25.1. The van der Waals surface area contributed by atoms with Gasteiger partial charge in [-0.2, -0.15) is 0 Å². The van der Waals surface area contributed by atoms with Crippen molar-refractivity contribution in [2.75, 3.05) is 0 Å². The molecule has 9 nitrogen and oxygen atoms in total. The topological polar surface area (TPSA) is 180 Å². The molecule has 0 saturated heterocycles. The van der Waals surface area contributed by atoms with Crippen LogP contribution in [0.5, 0.6) is 11.5 Å². The number of aromatic nitrogens is 2. The molecule has 0 fully saturated rings. The number of nitrogens with zero attached hydrogens (tertiary/aromatic N) is 2. The van der Waals surface area contributed by atoms with E-state index in [2.05, 4.69) is 9.97 Å². The summed E-state index contributed by atoms with van der Waals surface area (Å²) in [5, 5.41) is 38.8. The summed E-state index contributed by atoms with van der Waals surface area (Å²) in [6.07, 6.45) is 3.54. The molecule has 0 radical (unpaired) electrons. The molecule has 4 aromatic rings. The molecule has 0 aliphatic carbocycles. The number of hydrogen-bond donors (Lipinski definition) is 2. The molecule has 0 atom stereocenters. The molecular weight excluding hydrogens is 565 g/mol. The molecule has 2 aromatic heterocycles. The first-order valence-electron chi connectivity index (χ1n) is 9.41. The van der Waals surface area contributed by atoms with Gasteiger partial charge in [0.05, 0.1) is 23.3 Å². The molecule has 2 aromatic carbocycles. The van der Waals surface area contributed by atoms with Crippen molar-refractivity contribution < 1.29 is 55.0 Å². The standard InChI is InChI=1S/C10H8N2.2C7H5ClO3.H2O.Zn/c1-3-7-11-9(5-1)10-6-2-4-8-12-10;2*8-4-1-2-6(9)5(3-4)7(10)11;;/h1-8H;2*1-3,9H,(H,10,11);1H2;/q;;;;+2/p-1. The second-order valence-corrected chi connectivity index (χ2v) is 7.20. The molecule has 4 rings (SSSR count). The van der Waals surface area contributed by atoms with E-state index < -0.39 is 11.9 Å². The number of carboxylic acids is 2. The summed E-state index contributed by atoms with van der Waals surface area (Å²) in [7, 11) is 0. The third kappa shape index (κ3) is 10.4. The van der Waals surface area contributed by atoms with Crippen molar-refractivity contribution in [3.63, 3.8) is 0 Å². The Hall–Kier alpha value is -3.56. The van der Waals surface area contributed by atoms with Gasteiger partial charge in [-0.1, -0.05) is 35.3 Å². The number of carbonyl (C=O) groups excluding carboxylic acids is 2. The van der Waals surface area contributed by atoms with Crippen LogP contribution in [0.1, 0.15) is 20.7 Å². The quantitative estimate of drug-likeness (QED) is 0.271. The van der Waals surface area contributed by atoms with Crippen LogP contribution in [0, 0.1) is 0 Å². The zero-order valence-electron chi connectivity index (χ0n) is 18.5. The van der Waals surface area contributed by atoms with Gasteiger partial charge in [-0.05, 0) is 60.7 Å². The van der Waals surface area contributed by atoms with Gasteiger partial charge in [0.1, 0.15) is 11.5 Å². The van der Waals surface area contributed by atoms with Crippen LogP contribution < -0.4 is 10.2 Å². The molecule has 2 heterocycles. The molecule has 182 valence electrons. The summed E-state index contributed by atoms with van der Waals surface area (Å²) in [6, 6.07) is 19.0. The van der Waals surface area contributed by atoms with Gasteiger partial charge in [-0.15, -0.1) is 0 Å². The molecule has 0 bridgehead atoms. The third-order valence-electron chi connectivity index (χ3n) is 3.95. The summed E-state index contributed by atoms with van der Waals surface area (Å²) in [4.78, 5) is 28.9. The van der Waals surface area contributed by atoms with Gasteiger partial charge in [0.15, 0.2) is 0 Å². The van der Waals surface area contributed by atoms with Crippen LogP contribution in [0.3, 0.4) is 0 Å². The van der Waals surface area contributed by atoms with E-state index in [1.165, 1.54) is 24.3 Å². The van der Waals surface area contributed by atoms with Crippen molar-refractivity contribution in [1.29, 1.82) is 0 Å². The van der Waals surface area contributed by atoms with Crippen LogP contribution in [0.2, 0.25) is 10.0 Å². The number of rotatable bonds is 3. The number of carbonyl (C=O) groups is 2. The molecule has 0 aliphatic rings. The summed E-state index contributed by atoms with van der Waals surface area (Å²) >= 11 is 10.9. The Bertz CT molecular complexity index is 1170. The van der Waals surface area contributed by atoms with Gasteiger partial charge in [0.25, 0.3) is 0 Å². The van der Waals surface area contributed by atoms with Gasteiger partial charge in [-0.25, -0.2) is 0 Å². The van der Waals surface area contributed by atoms with Crippen LogP contribution in [0.4, 0.5) is 0 Å². The molecule has 0 unspecified atom stereocenters. The zero-order valence-corrected chi connectivity index (χ0v) is 23.0. The van der Waals surface area contributed by atoms with Gasteiger partial charge < -0.3 is 35.5 Å². The molecule has 0 saturated carbocycles. The van der Waals surface area contributed by atoms with Crippen LogP contribution in [-0.2, 0) is 25.0 Å². The number of pyridine rings is 2. The number of benzene rings is 2. The normalized spacial score (nSPS) is 9.06. The first kappa shape index (κ1) is 32.4. The maximum atomic E-state index is 10.2. The van der Waals surface area contributed by atoms with E-state index in [0.29, 0.717) is 0 Å². The maximum Gasteiger partial charge on any atom is 2.00 e. The smallest absolute Gasteiger partial charge is 0.545 e. The second kappa shape index (κ2) is 16.2. The number of carboxylic acid groups (broad SMARTS) is 2. The van der Waals surface area contributed by atoms with Gasteiger partial charge in [-0.3, -0.25) is 9.97 Å². The number of aromatic carboxylic acids is 2. The van der Waals surface area contributed by atoms with E-state index in [4.69, 9.17) is 33.4 Å². The fourth-order valence-corrected chi connectivity index (χ4v) is 2.72. The fourth-order valence-electron chi connectivity index (χ4n) is 2.37. The number of halogens is 2. The van der Waals surface area contributed by atoms with Crippen molar-refractivity contribution in [3.8, 4) is 22.9 Å². The summed E-state index contributed by atoms with van der Waals surface area (Å²) in [5.74, 6) is -3.56. The fraction of sp³-hybridized carbons (Fsp3) is 0. The Labute approximate surface area is 228 Å². The van der Waals surface area contributed by atoms with E-state index in [0.717, 1.165) is 23.5 Å². The number of phenols is 2. The average molecular weight is 584 g/mol. The van der Waals surface area contributed by atoms with Crippen LogP contribution in [0.15, 0.2) is 85.2 Å². The number of aromatic hydroxyl groups is 2. The Kier molecular flexibility index (Phi) is 14.6. The minimum atomic E-state index is -1.44. The van der Waals surface area contributed by atoms with Gasteiger partial charge >= 0.3 is 19.5 Å². The SMILES string of the molecule is O=C([O-])c1cc(Cl)ccc1O.O=C([O-])c1cc(Cl)ccc1O.[OH3+].[Zn+2].c1ccc(-c2ccccn2)nc1. The van der Waals surface area contributed by atoms with Crippen LogP contribution >= 0.6 is 23.2 Å². The minimum absolute atomic E-state index is 0. The van der Waals surface area contributed by atoms with E-state index in [9.17, 15) is 19.8 Å². The van der Waals surface area contributed by atoms with Crippen molar-refractivity contribution in [3.05, 3.63) is 106 Å². The average Bonchev–Trinajstić information content (AvgIpc) is 2.84. The molecule has 0 amide bonds. The molecular formula is C24H19Cl2N2O7Zn+. The van der Waals surface area contributed by atoms with Gasteiger partial charge in [0.2, 0.25) is 0 Å². The first-order chi connectivity index (χ1) is 16.2. The Morgan fingerprint density at radius 1 is 0.667 bits per heavy atom. The van der Waals surface area contributed by atoms with E-state index >= 15 is 0 Å². The van der Waals surface area contributed by atoms with Crippen LogP contribution in [0.25, 0.3) is 11.4 Å². The molecule has 0 spiro atoms. The van der Waals surface area contributed by atoms with E-state index in [-0.39, 0.29) is 57.6 Å². The van der Waals surface area contributed by atoms with Gasteiger partial charge in [0, 0.05) is 33.6 Å². The number of hydrogen-bond acceptors (Lipinski definition) is 8. The first-order valence-corrected chi connectivity index (χ1v) is 10.2. The molecule has 36 heavy (non-hydrogen) atoms. The molecule has 0 aliphatic heterocycles. The molecule has 5 N–H and O–H groups in total. The summed E-state index contributed by atoms with van der Waals surface area (Å²) < 4.78 is 0. The Morgan fingerprint density at radius 2 is 1.03 bits per heavy atom. The third-order valence-corrected chi connectivity index (χ3v) is 4.42. The maximum absolute atomic E-state index is 10.2. The van der Waals surface area contributed by atoms with E-state index in [1.807, 2.05) is 36.4 Å². The summed E-state index contributed by atoms with van der Waals surface area (Å²) in [5.41, 5.74) is 1.24. The largest absolute Gasteiger partial charge is 2.00 e. The monoisotopic (exact) mass is 581 g/mol. The Balaban J connectivity index is 0.000000498.